The Balaban J connectivity index is 2.24. The first kappa shape index (κ1) is 8.27. The van der Waals surface area contributed by atoms with Crippen molar-refractivity contribution in [2.24, 2.45) is 0 Å². The molecule has 2 rings (SSSR count). The SMILES string of the molecule is CNCc1cscc1C1(C)CC1. The van der Waals surface area contributed by atoms with E-state index in [1.807, 2.05) is 18.4 Å². The molecule has 0 spiro atoms. The largest absolute Gasteiger partial charge is 0.316 e. The summed E-state index contributed by atoms with van der Waals surface area (Å²) in [5.41, 5.74) is 3.62. The van der Waals surface area contributed by atoms with Crippen LogP contribution in [0.15, 0.2) is 10.8 Å². The Hall–Kier alpha value is -0.340. The normalized spacial score (nSPS) is 19.5. The zero-order valence-corrected chi connectivity index (χ0v) is 8.50. The average molecular weight is 181 g/mol. The number of nitrogens with one attached hydrogen (secondary N) is 1. The van der Waals surface area contributed by atoms with E-state index < -0.39 is 0 Å². The fourth-order valence-corrected chi connectivity index (χ4v) is 2.65. The molecule has 0 saturated heterocycles. The molecule has 66 valence electrons. The van der Waals surface area contributed by atoms with Crippen molar-refractivity contribution < 1.29 is 0 Å². The van der Waals surface area contributed by atoms with Gasteiger partial charge in [-0.2, -0.15) is 11.3 Å². The predicted octanol–water partition coefficient (Wildman–Crippen LogP) is 2.52. The highest BCUT2D eigenvalue weighted by molar-refractivity contribution is 7.08. The van der Waals surface area contributed by atoms with Crippen LogP contribution in [0.5, 0.6) is 0 Å². The predicted molar refractivity (Wildman–Crippen MR) is 53.7 cm³/mol. The number of hydrogen-bond acceptors (Lipinski definition) is 2. The van der Waals surface area contributed by atoms with Crippen molar-refractivity contribution in [2.75, 3.05) is 7.05 Å². The van der Waals surface area contributed by atoms with Crippen LogP contribution in [-0.2, 0) is 12.0 Å². The van der Waals surface area contributed by atoms with E-state index in [0.29, 0.717) is 5.41 Å². The van der Waals surface area contributed by atoms with Gasteiger partial charge in [0, 0.05) is 6.54 Å². The van der Waals surface area contributed by atoms with Gasteiger partial charge in [-0.1, -0.05) is 6.92 Å². The molecule has 12 heavy (non-hydrogen) atoms. The first-order valence-electron chi connectivity index (χ1n) is 4.46. The van der Waals surface area contributed by atoms with Crippen LogP contribution in [0.25, 0.3) is 0 Å². The summed E-state index contributed by atoms with van der Waals surface area (Å²) in [6.45, 7) is 3.39. The molecule has 1 aliphatic carbocycles. The molecule has 1 fully saturated rings. The topological polar surface area (TPSA) is 12.0 Å². The van der Waals surface area contributed by atoms with Crippen LogP contribution < -0.4 is 5.32 Å². The third kappa shape index (κ3) is 1.29. The van der Waals surface area contributed by atoms with Gasteiger partial charge in [-0.15, -0.1) is 0 Å². The molecule has 0 bridgehead atoms. The Morgan fingerprint density at radius 2 is 2.25 bits per heavy atom. The molecule has 0 aliphatic heterocycles. The Kier molecular flexibility index (Phi) is 1.97. The van der Waals surface area contributed by atoms with E-state index in [1.54, 1.807) is 5.56 Å². The van der Waals surface area contributed by atoms with Crippen molar-refractivity contribution in [1.29, 1.82) is 0 Å². The molecule has 0 aromatic carbocycles. The molecule has 0 unspecified atom stereocenters. The van der Waals surface area contributed by atoms with E-state index in [-0.39, 0.29) is 0 Å². The highest BCUT2D eigenvalue weighted by Gasteiger charge is 2.40. The maximum atomic E-state index is 3.22. The molecule has 1 heterocycles. The van der Waals surface area contributed by atoms with Crippen molar-refractivity contribution in [3.63, 3.8) is 0 Å². The first-order chi connectivity index (χ1) is 5.76. The van der Waals surface area contributed by atoms with Gasteiger partial charge in [0.1, 0.15) is 0 Å². The van der Waals surface area contributed by atoms with E-state index in [2.05, 4.69) is 23.0 Å². The van der Waals surface area contributed by atoms with Crippen LogP contribution in [0.3, 0.4) is 0 Å². The van der Waals surface area contributed by atoms with E-state index in [1.165, 1.54) is 18.4 Å². The van der Waals surface area contributed by atoms with Gasteiger partial charge in [-0.25, -0.2) is 0 Å². The molecule has 0 atom stereocenters. The second kappa shape index (κ2) is 2.86. The quantitative estimate of drug-likeness (QED) is 0.755. The van der Waals surface area contributed by atoms with Crippen molar-refractivity contribution in [2.45, 2.75) is 31.7 Å². The Labute approximate surface area is 77.8 Å². The Bertz CT molecular complexity index is 273. The van der Waals surface area contributed by atoms with Gasteiger partial charge in [0.25, 0.3) is 0 Å². The van der Waals surface area contributed by atoms with Crippen LogP contribution in [-0.4, -0.2) is 7.05 Å². The molecular formula is C10H15NS. The van der Waals surface area contributed by atoms with Gasteiger partial charge in [0.05, 0.1) is 0 Å². The lowest BCUT2D eigenvalue weighted by molar-refractivity contribution is 0.745. The smallest absolute Gasteiger partial charge is 0.0213 e. The second-order valence-electron chi connectivity index (χ2n) is 3.90. The summed E-state index contributed by atoms with van der Waals surface area (Å²) in [5.74, 6) is 0. The summed E-state index contributed by atoms with van der Waals surface area (Å²) < 4.78 is 0. The second-order valence-corrected chi connectivity index (χ2v) is 4.65. The van der Waals surface area contributed by atoms with Gasteiger partial charge in [-0.05, 0) is 47.2 Å². The highest BCUT2D eigenvalue weighted by atomic mass is 32.1. The lowest BCUT2D eigenvalue weighted by Crippen LogP contribution is -2.09. The third-order valence-electron chi connectivity index (χ3n) is 2.76. The fraction of sp³-hybridized carbons (Fsp3) is 0.600. The van der Waals surface area contributed by atoms with Crippen molar-refractivity contribution in [1.82, 2.24) is 5.32 Å². The number of thiophene rings is 1. The maximum Gasteiger partial charge on any atom is 0.0213 e. The van der Waals surface area contributed by atoms with Gasteiger partial charge in [0.2, 0.25) is 0 Å². The van der Waals surface area contributed by atoms with E-state index in [0.717, 1.165) is 6.54 Å². The summed E-state index contributed by atoms with van der Waals surface area (Å²) in [5, 5.41) is 7.81. The van der Waals surface area contributed by atoms with E-state index in [4.69, 9.17) is 0 Å². The van der Waals surface area contributed by atoms with Crippen LogP contribution >= 0.6 is 11.3 Å². The van der Waals surface area contributed by atoms with Gasteiger partial charge in [-0.3, -0.25) is 0 Å². The van der Waals surface area contributed by atoms with E-state index in [9.17, 15) is 0 Å². The minimum atomic E-state index is 0.534. The van der Waals surface area contributed by atoms with E-state index >= 15 is 0 Å². The summed E-state index contributed by atoms with van der Waals surface area (Å²) in [4.78, 5) is 0. The summed E-state index contributed by atoms with van der Waals surface area (Å²) >= 11 is 1.83. The lowest BCUT2D eigenvalue weighted by Gasteiger charge is -2.09. The summed E-state index contributed by atoms with van der Waals surface area (Å²) in [6.07, 6.45) is 2.75. The number of hydrogen-bond donors (Lipinski definition) is 1. The zero-order valence-electron chi connectivity index (χ0n) is 7.68. The first-order valence-corrected chi connectivity index (χ1v) is 5.41. The molecule has 1 aromatic rings. The maximum absolute atomic E-state index is 3.22. The van der Waals surface area contributed by atoms with Crippen LogP contribution in [0, 0.1) is 0 Å². The molecule has 1 N–H and O–H groups in total. The van der Waals surface area contributed by atoms with Crippen LogP contribution in [0.4, 0.5) is 0 Å². The van der Waals surface area contributed by atoms with Crippen LogP contribution in [0.1, 0.15) is 30.9 Å². The van der Waals surface area contributed by atoms with Crippen molar-refractivity contribution in [3.05, 3.63) is 21.9 Å². The van der Waals surface area contributed by atoms with Crippen molar-refractivity contribution in [3.8, 4) is 0 Å². The summed E-state index contributed by atoms with van der Waals surface area (Å²) in [6, 6.07) is 0. The molecule has 1 aromatic heterocycles. The molecule has 2 heteroatoms. The lowest BCUT2D eigenvalue weighted by atomic mass is 9.97. The molecule has 1 nitrogen and oxygen atoms in total. The average Bonchev–Trinajstić information content (AvgIpc) is 2.64. The van der Waals surface area contributed by atoms with Crippen molar-refractivity contribution >= 4 is 11.3 Å². The standard InChI is InChI=1S/C10H15NS/c1-10(3-4-10)9-7-12-6-8(9)5-11-2/h6-7,11H,3-5H2,1-2H3. The van der Waals surface area contributed by atoms with Crippen LogP contribution in [0.2, 0.25) is 0 Å². The van der Waals surface area contributed by atoms with Gasteiger partial charge < -0.3 is 5.32 Å². The van der Waals surface area contributed by atoms with Gasteiger partial charge in [0.15, 0.2) is 0 Å². The Morgan fingerprint density at radius 3 is 2.83 bits per heavy atom. The third-order valence-corrected chi connectivity index (χ3v) is 3.55. The van der Waals surface area contributed by atoms with Gasteiger partial charge >= 0.3 is 0 Å². The molecule has 1 aliphatic rings. The minimum absolute atomic E-state index is 0.534. The molecule has 1 saturated carbocycles. The zero-order chi connectivity index (χ0) is 8.60. The fourth-order valence-electron chi connectivity index (χ4n) is 1.64. The minimum Gasteiger partial charge on any atom is -0.316 e. The monoisotopic (exact) mass is 181 g/mol. The molecule has 0 radical (unpaired) electrons. The summed E-state index contributed by atoms with van der Waals surface area (Å²) in [7, 11) is 2.01. The number of rotatable bonds is 3. The molecule has 0 amide bonds. The molecular weight excluding hydrogens is 166 g/mol. The Morgan fingerprint density at radius 1 is 1.50 bits per heavy atom. The highest BCUT2D eigenvalue weighted by Crippen LogP contribution is 2.49.